The zero-order valence-corrected chi connectivity index (χ0v) is 9.77. The Morgan fingerprint density at radius 1 is 1.50 bits per heavy atom. The summed E-state index contributed by atoms with van der Waals surface area (Å²) in [6.45, 7) is 0.00294. The second-order valence-corrected chi connectivity index (χ2v) is 3.61. The minimum atomic E-state index is -0.924. The summed E-state index contributed by atoms with van der Waals surface area (Å²) in [6.07, 6.45) is 0. The predicted octanol–water partition coefficient (Wildman–Crippen LogP) is -0.163. The van der Waals surface area contributed by atoms with Crippen LogP contribution < -0.4 is 16.8 Å². The summed E-state index contributed by atoms with van der Waals surface area (Å²) in [5.41, 5.74) is 10.5. The van der Waals surface area contributed by atoms with Crippen LogP contribution in [0, 0.1) is 5.82 Å². The van der Waals surface area contributed by atoms with Crippen molar-refractivity contribution in [2.75, 3.05) is 19.0 Å². The minimum Gasteiger partial charge on any atom is -0.383 e. The highest BCUT2D eigenvalue weighted by Crippen LogP contribution is 2.16. The van der Waals surface area contributed by atoms with Crippen LogP contribution in [0.25, 0.3) is 0 Å². The third-order valence-corrected chi connectivity index (χ3v) is 2.19. The molecule has 1 unspecified atom stereocenters. The van der Waals surface area contributed by atoms with Gasteiger partial charge in [0.05, 0.1) is 12.3 Å². The summed E-state index contributed by atoms with van der Waals surface area (Å²) in [5, 5.41) is 2.26. The maximum atomic E-state index is 13.4. The lowest BCUT2D eigenvalue weighted by Crippen LogP contribution is -2.39. The lowest BCUT2D eigenvalue weighted by Gasteiger charge is -2.12. The molecule has 7 heteroatoms. The zero-order chi connectivity index (χ0) is 13.7. The van der Waals surface area contributed by atoms with Crippen molar-refractivity contribution < 1.29 is 18.7 Å². The quantitative estimate of drug-likeness (QED) is 0.679. The number of rotatable bonds is 5. The normalized spacial score (nSPS) is 11.9. The van der Waals surface area contributed by atoms with Crippen LogP contribution in [0.5, 0.6) is 0 Å². The summed E-state index contributed by atoms with van der Waals surface area (Å²) in [4.78, 5) is 22.5. The van der Waals surface area contributed by atoms with E-state index < -0.39 is 23.7 Å². The minimum absolute atomic E-state index is 0.00294. The number of nitrogens with two attached hydrogens (primary N) is 2. The van der Waals surface area contributed by atoms with Crippen LogP contribution in [0.15, 0.2) is 18.2 Å². The summed E-state index contributed by atoms with van der Waals surface area (Å²) in [6, 6.07) is 2.49. The number of amides is 2. The van der Waals surface area contributed by atoms with E-state index in [1.54, 1.807) is 0 Å². The summed E-state index contributed by atoms with van der Waals surface area (Å²) >= 11 is 0. The molecule has 0 heterocycles. The first-order valence-corrected chi connectivity index (χ1v) is 5.10. The van der Waals surface area contributed by atoms with E-state index in [1.807, 2.05) is 0 Å². The van der Waals surface area contributed by atoms with Crippen molar-refractivity contribution in [3.8, 4) is 0 Å². The largest absolute Gasteiger partial charge is 0.383 e. The lowest BCUT2D eigenvalue weighted by atomic mass is 10.1. The topological polar surface area (TPSA) is 107 Å². The number of anilines is 1. The van der Waals surface area contributed by atoms with Gasteiger partial charge in [0.1, 0.15) is 11.9 Å². The Morgan fingerprint density at radius 2 is 2.17 bits per heavy atom. The van der Waals surface area contributed by atoms with Gasteiger partial charge in [0.25, 0.3) is 0 Å². The second-order valence-electron chi connectivity index (χ2n) is 3.61. The fourth-order valence-electron chi connectivity index (χ4n) is 1.26. The van der Waals surface area contributed by atoms with E-state index in [4.69, 9.17) is 16.2 Å². The first-order valence-electron chi connectivity index (χ1n) is 5.10. The van der Waals surface area contributed by atoms with Crippen LogP contribution >= 0.6 is 0 Å². The highest BCUT2D eigenvalue weighted by atomic mass is 19.1. The Bertz CT molecular complexity index is 465. The molecule has 0 spiro atoms. The van der Waals surface area contributed by atoms with Crippen molar-refractivity contribution in [2.45, 2.75) is 6.04 Å². The lowest BCUT2D eigenvalue weighted by molar-refractivity contribution is -0.118. The van der Waals surface area contributed by atoms with Gasteiger partial charge >= 0.3 is 0 Å². The molecule has 18 heavy (non-hydrogen) atoms. The van der Waals surface area contributed by atoms with Gasteiger partial charge in [-0.2, -0.15) is 0 Å². The summed E-state index contributed by atoms with van der Waals surface area (Å²) in [7, 11) is 1.39. The van der Waals surface area contributed by atoms with Crippen LogP contribution in [-0.2, 0) is 9.53 Å². The number of benzene rings is 1. The van der Waals surface area contributed by atoms with Gasteiger partial charge in [0.15, 0.2) is 0 Å². The molecule has 0 aromatic heterocycles. The molecule has 1 aromatic carbocycles. The van der Waals surface area contributed by atoms with Gasteiger partial charge in [-0.1, -0.05) is 0 Å². The van der Waals surface area contributed by atoms with E-state index in [-0.39, 0.29) is 17.9 Å². The molecule has 98 valence electrons. The molecule has 0 fully saturated rings. The van der Waals surface area contributed by atoms with Gasteiger partial charge in [0.2, 0.25) is 11.8 Å². The van der Waals surface area contributed by atoms with Crippen molar-refractivity contribution in [1.82, 2.24) is 0 Å². The number of carbonyl (C=O) groups excluding carboxylic acids is 2. The first-order chi connectivity index (χ1) is 8.45. The fraction of sp³-hybridized carbons (Fsp3) is 0.273. The Balaban J connectivity index is 2.86. The van der Waals surface area contributed by atoms with Crippen molar-refractivity contribution in [2.24, 2.45) is 11.5 Å². The Hall–Kier alpha value is -1.99. The molecule has 1 rings (SSSR count). The highest BCUT2D eigenvalue weighted by molar-refractivity contribution is 5.98. The number of carbonyl (C=O) groups is 2. The molecule has 0 saturated heterocycles. The number of hydrogen-bond acceptors (Lipinski definition) is 4. The number of ether oxygens (including phenoxy) is 1. The Labute approximate surface area is 103 Å². The molecule has 0 saturated carbocycles. The summed E-state index contributed by atoms with van der Waals surface area (Å²) < 4.78 is 18.1. The Morgan fingerprint density at radius 3 is 2.72 bits per heavy atom. The van der Waals surface area contributed by atoms with Crippen LogP contribution in [0.4, 0.5) is 10.1 Å². The van der Waals surface area contributed by atoms with E-state index in [1.165, 1.54) is 13.2 Å². The molecule has 0 bridgehead atoms. The van der Waals surface area contributed by atoms with Crippen molar-refractivity contribution in [3.05, 3.63) is 29.6 Å². The van der Waals surface area contributed by atoms with Gasteiger partial charge in [-0.05, 0) is 18.2 Å². The van der Waals surface area contributed by atoms with Gasteiger partial charge < -0.3 is 21.5 Å². The molecule has 0 radical (unpaired) electrons. The van der Waals surface area contributed by atoms with Crippen molar-refractivity contribution >= 4 is 17.5 Å². The third kappa shape index (κ3) is 3.51. The third-order valence-electron chi connectivity index (χ3n) is 2.19. The van der Waals surface area contributed by atoms with Crippen LogP contribution in [0.2, 0.25) is 0 Å². The standard InChI is InChI=1S/C11H14FN3O3/c1-18-5-8(13)11(17)15-9-4-6(10(14)16)2-3-7(9)12/h2-4,8H,5,13H2,1H3,(H2,14,16)(H,15,17). The SMILES string of the molecule is COCC(N)C(=O)Nc1cc(C(N)=O)ccc1F. The summed E-state index contributed by atoms with van der Waals surface area (Å²) in [5.74, 6) is -2.01. The fourth-order valence-corrected chi connectivity index (χ4v) is 1.26. The molecule has 1 aromatic rings. The van der Waals surface area contributed by atoms with Gasteiger partial charge in [0, 0.05) is 12.7 Å². The smallest absolute Gasteiger partial charge is 0.248 e. The van der Waals surface area contributed by atoms with E-state index in [9.17, 15) is 14.0 Å². The number of nitrogens with one attached hydrogen (secondary N) is 1. The molecule has 0 aliphatic rings. The van der Waals surface area contributed by atoms with Crippen LogP contribution in [0.3, 0.4) is 0 Å². The van der Waals surface area contributed by atoms with E-state index in [0.717, 1.165) is 12.1 Å². The van der Waals surface area contributed by atoms with E-state index in [0.29, 0.717) is 0 Å². The van der Waals surface area contributed by atoms with Crippen LogP contribution in [-0.4, -0.2) is 31.6 Å². The maximum Gasteiger partial charge on any atom is 0.248 e. The molecular weight excluding hydrogens is 241 g/mol. The zero-order valence-electron chi connectivity index (χ0n) is 9.77. The van der Waals surface area contributed by atoms with Gasteiger partial charge in [-0.3, -0.25) is 9.59 Å². The molecule has 6 nitrogen and oxygen atoms in total. The maximum absolute atomic E-state index is 13.4. The second kappa shape index (κ2) is 6.08. The first kappa shape index (κ1) is 14.1. The number of methoxy groups -OCH3 is 1. The number of halogens is 1. The van der Waals surface area contributed by atoms with Crippen molar-refractivity contribution in [3.63, 3.8) is 0 Å². The van der Waals surface area contributed by atoms with Crippen molar-refractivity contribution in [1.29, 1.82) is 0 Å². The number of primary amides is 1. The van der Waals surface area contributed by atoms with Gasteiger partial charge in [-0.25, -0.2) is 4.39 Å². The molecule has 5 N–H and O–H groups in total. The van der Waals surface area contributed by atoms with Gasteiger partial charge in [-0.15, -0.1) is 0 Å². The van der Waals surface area contributed by atoms with E-state index >= 15 is 0 Å². The predicted molar refractivity (Wildman–Crippen MR) is 63.4 cm³/mol. The Kier molecular flexibility index (Phi) is 4.75. The molecule has 2 amide bonds. The average molecular weight is 255 g/mol. The molecular formula is C11H14FN3O3. The monoisotopic (exact) mass is 255 g/mol. The average Bonchev–Trinajstić information content (AvgIpc) is 2.31. The molecule has 0 aliphatic heterocycles. The van der Waals surface area contributed by atoms with Crippen LogP contribution in [0.1, 0.15) is 10.4 Å². The molecule has 0 aliphatic carbocycles. The molecule has 1 atom stereocenters. The number of hydrogen-bond donors (Lipinski definition) is 3. The highest BCUT2D eigenvalue weighted by Gasteiger charge is 2.16. The van der Waals surface area contributed by atoms with E-state index in [2.05, 4.69) is 5.32 Å².